The summed E-state index contributed by atoms with van der Waals surface area (Å²) in [5.41, 5.74) is 0.348. The molecule has 0 aromatic carbocycles. The summed E-state index contributed by atoms with van der Waals surface area (Å²) in [4.78, 5) is 0. The molecule has 0 heterocycles. The van der Waals surface area contributed by atoms with E-state index in [2.05, 4.69) is 26.0 Å². The Labute approximate surface area is 141 Å². The maximum Gasteiger partial charge on any atom is 0.114 e. The zero-order chi connectivity index (χ0) is 16.9. The topological polar surface area (TPSA) is 38.7 Å². The summed E-state index contributed by atoms with van der Waals surface area (Å²) in [6.45, 7) is 7.29. The zero-order valence-corrected chi connectivity index (χ0v) is 15.3. The third kappa shape index (κ3) is 4.76. The predicted octanol–water partition coefficient (Wildman–Crippen LogP) is 4.81. The van der Waals surface area contributed by atoms with Crippen LogP contribution in [0.1, 0.15) is 65.7 Å². The lowest BCUT2D eigenvalue weighted by molar-refractivity contribution is 0.0503. The van der Waals surface area contributed by atoms with Gasteiger partial charge in [-0.3, -0.25) is 0 Å². The highest BCUT2D eigenvalue weighted by Gasteiger charge is 2.38. The third-order valence-electron chi connectivity index (χ3n) is 6.04. The van der Waals surface area contributed by atoms with Gasteiger partial charge in [-0.2, -0.15) is 0 Å². The highest BCUT2D eigenvalue weighted by Crippen LogP contribution is 2.47. The number of aliphatic hydroxyl groups is 1. The summed E-state index contributed by atoms with van der Waals surface area (Å²) in [6, 6.07) is 0. The second kappa shape index (κ2) is 8.23. The van der Waals surface area contributed by atoms with Gasteiger partial charge in [-0.1, -0.05) is 20.8 Å². The van der Waals surface area contributed by atoms with Crippen LogP contribution in [0.4, 0.5) is 0 Å². The molecule has 0 saturated carbocycles. The number of hydrogen-bond donors (Lipinski definition) is 1. The van der Waals surface area contributed by atoms with Gasteiger partial charge in [-0.05, 0) is 61.5 Å². The van der Waals surface area contributed by atoms with E-state index in [0.717, 1.165) is 49.5 Å². The Kier molecular flexibility index (Phi) is 6.58. The average Bonchev–Trinajstić information content (AvgIpc) is 2.60. The molecule has 0 aromatic rings. The Balaban J connectivity index is 1.88. The number of allylic oxidation sites excluding steroid dienone is 4. The van der Waals surface area contributed by atoms with E-state index in [1.807, 2.05) is 6.92 Å². The van der Waals surface area contributed by atoms with Gasteiger partial charge in [0, 0.05) is 12.8 Å². The van der Waals surface area contributed by atoms with E-state index in [1.165, 1.54) is 12.8 Å². The van der Waals surface area contributed by atoms with Crippen molar-refractivity contribution in [3.05, 3.63) is 23.7 Å². The third-order valence-corrected chi connectivity index (χ3v) is 6.04. The molecule has 0 amide bonds. The first kappa shape index (κ1) is 18.4. The van der Waals surface area contributed by atoms with E-state index in [1.54, 1.807) is 7.11 Å². The molecule has 0 aromatic heterocycles. The van der Waals surface area contributed by atoms with E-state index >= 15 is 0 Å². The van der Waals surface area contributed by atoms with Gasteiger partial charge in [0.2, 0.25) is 0 Å². The van der Waals surface area contributed by atoms with Crippen LogP contribution < -0.4 is 0 Å². The molecule has 0 saturated heterocycles. The van der Waals surface area contributed by atoms with Crippen molar-refractivity contribution in [1.29, 1.82) is 0 Å². The standard InChI is InChI=1S/C20H34O3/c1-5-17(21)14-23-19-12-8-16(9-13-19)20(2,3)15-6-10-18(22-4)11-7-15/h10,12,15-17,21H,5-9,11,13-14H2,1-4H3. The van der Waals surface area contributed by atoms with Gasteiger partial charge in [0.25, 0.3) is 0 Å². The van der Waals surface area contributed by atoms with Crippen molar-refractivity contribution >= 4 is 0 Å². The molecule has 0 aliphatic heterocycles. The Morgan fingerprint density at radius 1 is 1.13 bits per heavy atom. The maximum atomic E-state index is 9.61. The average molecular weight is 322 g/mol. The van der Waals surface area contributed by atoms with Crippen LogP contribution in [0.3, 0.4) is 0 Å². The first-order valence-electron chi connectivity index (χ1n) is 9.20. The van der Waals surface area contributed by atoms with Crippen molar-refractivity contribution in [2.75, 3.05) is 13.7 Å². The normalized spacial score (nSPS) is 27.0. The van der Waals surface area contributed by atoms with Gasteiger partial charge in [0.05, 0.1) is 24.7 Å². The fourth-order valence-electron chi connectivity index (χ4n) is 3.94. The largest absolute Gasteiger partial charge is 0.501 e. The molecule has 3 heteroatoms. The number of ether oxygens (including phenoxy) is 2. The van der Waals surface area contributed by atoms with E-state index in [9.17, 15) is 5.11 Å². The quantitative estimate of drug-likeness (QED) is 0.730. The molecule has 0 bridgehead atoms. The van der Waals surface area contributed by atoms with Crippen molar-refractivity contribution in [2.45, 2.75) is 71.8 Å². The van der Waals surface area contributed by atoms with Crippen LogP contribution in [0.2, 0.25) is 0 Å². The monoisotopic (exact) mass is 322 g/mol. The van der Waals surface area contributed by atoms with E-state index < -0.39 is 0 Å². The molecule has 2 aliphatic rings. The summed E-state index contributed by atoms with van der Waals surface area (Å²) in [6.07, 6.45) is 11.7. The first-order valence-corrected chi connectivity index (χ1v) is 9.20. The van der Waals surface area contributed by atoms with Gasteiger partial charge in [-0.15, -0.1) is 0 Å². The minimum Gasteiger partial charge on any atom is -0.501 e. The Morgan fingerprint density at radius 3 is 2.13 bits per heavy atom. The number of rotatable bonds is 7. The number of aliphatic hydroxyl groups excluding tert-OH is 1. The summed E-state index contributed by atoms with van der Waals surface area (Å²) in [7, 11) is 1.78. The molecule has 1 N–H and O–H groups in total. The van der Waals surface area contributed by atoms with Crippen LogP contribution in [-0.2, 0) is 9.47 Å². The minimum atomic E-state index is -0.339. The zero-order valence-electron chi connectivity index (χ0n) is 15.3. The highest BCUT2D eigenvalue weighted by molar-refractivity contribution is 5.06. The molecule has 0 radical (unpaired) electrons. The SMILES string of the molecule is CCC(O)COC1=CCC(C(C)(C)C2CC=C(OC)CC2)CC1. The summed E-state index contributed by atoms with van der Waals surface area (Å²) < 4.78 is 11.1. The molecule has 2 rings (SSSR count). The van der Waals surface area contributed by atoms with Gasteiger partial charge in [0.1, 0.15) is 6.61 Å². The second-order valence-corrected chi connectivity index (χ2v) is 7.68. The van der Waals surface area contributed by atoms with Gasteiger partial charge >= 0.3 is 0 Å². The van der Waals surface area contributed by atoms with Gasteiger partial charge in [0.15, 0.2) is 0 Å². The Bertz CT molecular complexity index is 436. The molecule has 0 fully saturated rings. The summed E-state index contributed by atoms with van der Waals surface area (Å²) in [5, 5.41) is 9.61. The lowest BCUT2D eigenvalue weighted by Crippen LogP contribution is -2.34. The van der Waals surface area contributed by atoms with Crippen molar-refractivity contribution in [1.82, 2.24) is 0 Å². The summed E-state index contributed by atoms with van der Waals surface area (Å²) in [5.74, 6) is 3.69. The van der Waals surface area contributed by atoms with Crippen molar-refractivity contribution in [2.24, 2.45) is 17.3 Å². The Morgan fingerprint density at radius 2 is 1.70 bits per heavy atom. The molecular weight excluding hydrogens is 288 g/mol. The molecule has 3 atom stereocenters. The van der Waals surface area contributed by atoms with Crippen molar-refractivity contribution in [3.63, 3.8) is 0 Å². The molecule has 3 nitrogen and oxygen atoms in total. The van der Waals surface area contributed by atoms with Gasteiger partial charge < -0.3 is 14.6 Å². The summed E-state index contributed by atoms with van der Waals surface area (Å²) >= 11 is 0. The number of hydrogen-bond acceptors (Lipinski definition) is 3. The molecule has 23 heavy (non-hydrogen) atoms. The van der Waals surface area contributed by atoms with Crippen LogP contribution in [0, 0.1) is 17.3 Å². The lowest BCUT2D eigenvalue weighted by atomic mass is 9.62. The van der Waals surface area contributed by atoms with Crippen LogP contribution in [0.5, 0.6) is 0 Å². The molecule has 0 spiro atoms. The van der Waals surface area contributed by atoms with E-state index in [4.69, 9.17) is 9.47 Å². The molecule has 132 valence electrons. The molecule has 3 unspecified atom stereocenters. The molecule has 2 aliphatic carbocycles. The first-order chi connectivity index (χ1) is 11.0. The smallest absolute Gasteiger partial charge is 0.114 e. The second-order valence-electron chi connectivity index (χ2n) is 7.68. The van der Waals surface area contributed by atoms with E-state index in [0.29, 0.717) is 17.9 Å². The van der Waals surface area contributed by atoms with E-state index in [-0.39, 0.29) is 6.10 Å². The van der Waals surface area contributed by atoms with Crippen LogP contribution in [0.25, 0.3) is 0 Å². The molecular formula is C20H34O3. The van der Waals surface area contributed by atoms with Crippen LogP contribution in [0.15, 0.2) is 23.7 Å². The highest BCUT2D eigenvalue weighted by atomic mass is 16.5. The maximum absolute atomic E-state index is 9.61. The fourth-order valence-corrected chi connectivity index (χ4v) is 3.94. The van der Waals surface area contributed by atoms with Crippen LogP contribution >= 0.6 is 0 Å². The van der Waals surface area contributed by atoms with Crippen molar-refractivity contribution in [3.8, 4) is 0 Å². The Hall–Kier alpha value is -0.960. The minimum absolute atomic E-state index is 0.339. The predicted molar refractivity (Wildman–Crippen MR) is 93.9 cm³/mol. The van der Waals surface area contributed by atoms with Crippen LogP contribution in [-0.4, -0.2) is 24.9 Å². The fraction of sp³-hybridized carbons (Fsp3) is 0.800. The number of methoxy groups -OCH3 is 1. The lowest BCUT2D eigenvalue weighted by Gasteiger charge is -2.43. The van der Waals surface area contributed by atoms with Gasteiger partial charge in [-0.25, -0.2) is 0 Å². The van der Waals surface area contributed by atoms with Crippen molar-refractivity contribution < 1.29 is 14.6 Å².